The largest absolute Gasteiger partial charge is 0.444 e. The van der Waals surface area contributed by atoms with E-state index < -0.39 is 19.7 Å². The molecule has 1 saturated heterocycles. The molecule has 0 radical (unpaired) electrons. The van der Waals surface area contributed by atoms with Gasteiger partial charge in [-0.1, -0.05) is 32.4 Å². The van der Waals surface area contributed by atoms with Crippen molar-refractivity contribution in [1.29, 1.82) is 0 Å². The molecule has 5 rings (SSSR count). The number of hydrogen-bond acceptors (Lipinski definition) is 4. The van der Waals surface area contributed by atoms with Crippen LogP contribution in [0.25, 0.3) is 10.9 Å². The number of amides is 1. The van der Waals surface area contributed by atoms with Gasteiger partial charge < -0.3 is 18.6 Å². The molecule has 10 heteroatoms. The summed E-state index contributed by atoms with van der Waals surface area (Å²) < 4.78 is 30.7. The molecule has 3 heterocycles. The Morgan fingerprint density at radius 3 is 2.27 bits per heavy atom. The van der Waals surface area contributed by atoms with E-state index in [1.807, 2.05) is 25.7 Å². The molecule has 3 aliphatic rings. The van der Waals surface area contributed by atoms with Crippen molar-refractivity contribution in [2.24, 2.45) is 11.8 Å². The Morgan fingerprint density at radius 1 is 1.16 bits per heavy atom. The number of ether oxygens (including phenoxy) is 1. The van der Waals surface area contributed by atoms with Gasteiger partial charge in [-0.3, -0.25) is 0 Å². The van der Waals surface area contributed by atoms with Crippen LogP contribution in [0.1, 0.15) is 77.6 Å². The standard InChI is InChI=1S/C27H38BrClFN3O3Si/c1-26(2,3)36-25(34)32-11-15-16(12-32)18(15)19-17(13-35-37(7,8)27(4,5)6)33(14-9-10-14)22-20(19)23(28)31-24(29)21(22)30/h14-16,18H,9-13H2,1-8H3. The first kappa shape index (κ1) is 27.4. The summed E-state index contributed by atoms with van der Waals surface area (Å²) in [5, 5.41) is 0.754. The van der Waals surface area contributed by atoms with Gasteiger partial charge in [0.05, 0.1) is 12.1 Å². The van der Waals surface area contributed by atoms with Crippen molar-refractivity contribution in [3.63, 3.8) is 0 Å². The van der Waals surface area contributed by atoms with E-state index in [-0.39, 0.29) is 28.2 Å². The molecule has 2 aliphatic carbocycles. The van der Waals surface area contributed by atoms with Gasteiger partial charge in [-0.15, -0.1) is 0 Å². The maximum absolute atomic E-state index is 15.6. The molecular formula is C27H38BrClFN3O3Si. The number of likely N-dealkylation sites (tertiary alicyclic amines) is 1. The minimum atomic E-state index is -2.06. The zero-order valence-electron chi connectivity index (χ0n) is 23.0. The summed E-state index contributed by atoms with van der Waals surface area (Å²) in [6, 6.07) is 0.242. The van der Waals surface area contributed by atoms with Gasteiger partial charge in [0.15, 0.2) is 19.3 Å². The summed E-state index contributed by atoms with van der Waals surface area (Å²) in [7, 11) is -2.06. The first-order valence-electron chi connectivity index (χ1n) is 13.2. The third-order valence-electron chi connectivity index (χ3n) is 8.61. The van der Waals surface area contributed by atoms with Crippen LogP contribution in [0.2, 0.25) is 23.3 Å². The minimum Gasteiger partial charge on any atom is -0.444 e. The highest BCUT2D eigenvalue weighted by atomic mass is 79.9. The van der Waals surface area contributed by atoms with Gasteiger partial charge in [0.1, 0.15) is 10.2 Å². The number of hydrogen-bond donors (Lipinski definition) is 0. The molecule has 2 aromatic heterocycles. The number of carbonyl (C=O) groups excluding carboxylic acids is 1. The summed E-state index contributed by atoms with van der Waals surface area (Å²) >= 11 is 9.87. The summed E-state index contributed by atoms with van der Waals surface area (Å²) in [6.45, 7) is 18.6. The third kappa shape index (κ3) is 4.87. The number of fused-ring (bicyclic) bond motifs is 2. The first-order valence-corrected chi connectivity index (χ1v) is 17.3. The van der Waals surface area contributed by atoms with Crippen LogP contribution in [-0.4, -0.2) is 47.6 Å². The van der Waals surface area contributed by atoms with E-state index in [2.05, 4.69) is 59.3 Å². The lowest BCUT2D eigenvalue weighted by Gasteiger charge is -2.36. The van der Waals surface area contributed by atoms with E-state index >= 15 is 4.39 Å². The molecule has 37 heavy (non-hydrogen) atoms. The number of carbonyl (C=O) groups is 1. The maximum atomic E-state index is 15.6. The second-order valence-electron chi connectivity index (χ2n) is 13.5. The third-order valence-corrected chi connectivity index (χ3v) is 13.9. The number of pyridine rings is 1. The molecule has 204 valence electrons. The first-order chi connectivity index (χ1) is 17.0. The molecule has 2 aromatic rings. The Balaban J connectivity index is 1.55. The number of halogens is 3. The van der Waals surface area contributed by atoms with E-state index in [0.29, 0.717) is 41.7 Å². The van der Waals surface area contributed by atoms with E-state index in [4.69, 9.17) is 20.8 Å². The number of piperidine rings is 1. The van der Waals surface area contributed by atoms with Crippen molar-refractivity contribution < 1.29 is 18.3 Å². The fourth-order valence-corrected chi connectivity index (χ4v) is 7.29. The fourth-order valence-electron chi connectivity index (χ4n) is 5.51. The molecule has 2 atom stereocenters. The molecule has 2 unspecified atom stereocenters. The molecule has 6 nitrogen and oxygen atoms in total. The van der Waals surface area contributed by atoms with Crippen LogP contribution in [0.5, 0.6) is 0 Å². The zero-order chi connectivity index (χ0) is 27.2. The molecule has 3 fully saturated rings. The van der Waals surface area contributed by atoms with Crippen LogP contribution < -0.4 is 0 Å². The normalized spacial score (nSPS) is 24.1. The lowest BCUT2D eigenvalue weighted by molar-refractivity contribution is 0.0271. The SMILES string of the molecule is CC(C)(C)OC(=O)N1CC2C(C1)C2c1c(CO[Si](C)(C)C(C)(C)C)n(C2CC2)c2c(F)c(Cl)nc(Br)c12. The fraction of sp³-hybridized carbons (Fsp3) is 0.704. The zero-order valence-corrected chi connectivity index (χ0v) is 26.4. The summed E-state index contributed by atoms with van der Waals surface area (Å²) in [5.41, 5.74) is 2.18. The second kappa shape index (κ2) is 8.93. The van der Waals surface area contributed by atoms with Gasteiger partial charge >= 0.3 is 6.09 Å². The second-order valence-corrected chi connectivity index (χ2v) is 19.4. The van der Waals surface area contributed by atoms with Crippen LogP contribution in [0.4, 0.5) is 9.18 Å². The summed E-state index contributed by atoms with van der Waals surface area (Å²) in [5.74, 6) is 0.372. The molecular weight excluding hydrogens is 577 g/mol. The average molecular weight is 615 g/mol. The van der Waals surface area contributed by atoms with Gasteiger partial charge in [-0.05, 0) is 91.0 Å². The van der Waals surface area contributed by atoms with Crippen molar-refractivity contribution in [2.75, 3.05) is 13.1 Å². The van der Waals surface area contributed by atoms with Crippen molar-refractivity contribution in [1.82, 2.24) is 14.5 Å². The van der Waals surface area contributed by atoms with Crippen LogP contribution in [0.15, 0.2) is 4.60 Å². The number of aromatic nitrogens is 2. The van der Waals surface area contributed by atoms with Gasteiger partial charge in [0, 0.05) is 30.2 Å². The van der Waals surface area contributed by atoms with Crippen LogP contribution in [0, 0.1) is 17.7 Å². The quantitative estimate of drug-likeness (QED) is 0.253. The predicted octanol–water partition coefficient (Wildman–Crippen LogP) is 8.03. The van der Waals surface area contributed by atoms with E-state index in [9.17, 15) is 4.79 Å². The summed E-state index contributed by atoms with van der Waals surface area (Å²) in [4.78, 5) is 18.8. The van der Waals surface area contributed by atoms with E-state index in [1.54, 1.807) is 0 Å². The smallest absolute Gasteiger partial charge is 0.410 e. The Labute approximate surface area is 233 Å². The molecule has 0 N–H and O–H groups in total. The number of nitrogens with zero attached hydrogens (tertiary/aromatic N) is 3. The predicted molar refractivity (Wildman–Crippen MR) is 150 cm³/mol. The van der Waals surface area contributed by atoms with Gasteiger partial charge in [0.2, 0.25) is 0 Å². The molecule has 1 amide bonds. The highest BCUT2D eigenvalue weighted by molar-refractivity contribution is 9.10. The Kier molecular flexibility index (Phi) is 6.61. The van der Waals surface area contributed by atoms with Gasteiger partial charge in [-0.25, -0.2) is 14.2 Å². The van der Waals surface area contributed by atoms with Crippen molar-refractivity contribution >= 4 is 52.8 Å². The average Bonchev–Trinajstić information content (AvgIpc) is 3.63. The Bertz CT molecular complexity index is 1250. The van der Waals surface area contributed by atoms with Crippen LogP contribution in [0.3, 0.4) is 0 Å². The van der Waals surface area contributed by atoms with Crippen molar-refractivity contribution in [3.8, 4) is 0 Å². The van der Waals surface area contributed by atoms with Crippen LogP contribution >= 0.6 is 27.5 Å². The molecule has 0 bridgehead atoms. The Morgan fingerprint density at radius 2 is 1.76 bits per heavy atom. The van der Waals surface area contributed by atoms with Crippen molar-refractivity contribution in [3.05, 3.63) is 26.8 Å². The van der Waals surface area contributed by atoms with Crippen molar-refractivity contribution in [2.45, 2.75) is 96.7 Å². The van der Waals surface area contributed by atoms with Gasteiger partial charge in [0.25, 0.3) is 0 Å². The maximum Gasteiger partial charge on any atom is 0.410 e. The molecule has 1 aliphatic heterocycles. The van der Waals surface area contributed by atoms with E-state index in [0.717, 1.165) is 29.5 Å². The monoisotopic (exact) mass is 613 g/mol. The summed E-state index contributed by atoms with van der Waals surface area (Å²) in [6.07, 6.45) is 1.76. The highest BCUT2D eigenvalue weighted by Crippen LogP contribution is 2.62. The highest BCUT2D eigenvalue weighted by Gasteiger charge is 2.59. The van der Waals surface area contributed by atoms with E-state index in [1.165, 1.54) is 0 Å². The molecule has 0 spiro atoms. The lowest BCUT2D eigenvalue weighted by atomic mass is 10.0. The Hall–Kier alpha value is -1.16. The minimum absolute atomic E-state index is 0.0598. The number of rotatable bonds is 5. The molecule has 2 saturated carbocycles. The molecule has 0 aromatic carbocycles. The van der Waals surface area contributed by atoms with Gasteiger partial charge in [-0.2, -0.15) is 0 Å². The van der Waals surface area contributed by atoms with Crippen LogP contribution in [-0.2, 0) is 15.8 Å². The topological polar surface area (TPSA) is 56.6 Å². The lowest BCUT2D eigenvalue weighted by Crippen LogP contribution is -2.40.